The number of methoxy groups -OCH3 is 1. The number of hydrogen-bond donors (Lipinski definition) is 2. The molecule has 4 amide bonds. The average molecular weight is 477 g/mol. The minimum atomic E-state index is -0.903. The Morgan fingerprint density at radius 1 is 1.15 bits per heavy atom. The van der Waals surface area contributed by atoms with Crippen molar-refractivity contribution >= 4 is 40.3 Å². The highest BCUT2D eigenvalue weighted by molar-refractivity contribution is 7.14. The van der Waals surface area contributed by atoms with Crippen LogP contribution in [-0.4, -0.2) is 52.9 Å². The number of hydrogen-bond acceptors (Lipinski definition) is 7. The van der Waals surface area contributed by atoms with Crippen LogP contribution in [0, 0.1) is 11.8 Å². The first-order valence-corrected chi connectivity index (χ1v) is 12.8. The van der Waals surface area contributed by atoms with Crippen LogP contribution in [0.5, 0.6) is 0 Å². The molecule has 2 saturated carbocycles. The Hall–Kier alpha value is -2.49. The van der Waals surface area contributed by atoms with E-state index >= 15 is 0 Å². The number of imide groups is 1. The van der Waals surface area contributed by atoms with E-state index in [2.05, 4.69) is 20.4 Å². The maximum atomic E-state index is 13.3. The number of amides is 4. The molecule has 4 rings (SSSR count). The standard InChI is InChI=1S/C23H32N4O5S/c1-32-21(30)17-13-33-22(24-17)26-19(28)18(12-15-7-3-2-4-8-15)27-20(29)16(25-23(27)31)11-14-9-5-6-10-14/h13-16,18H,2-12H2,1H3,(H,25,31)(H,24,26,28)/t16?,18-/m0/s1. The first-order chi connectivity index (χ1) is 16.0. The average Bonchev–Trinajstić information content (AvgIpc) is 3.55. The molecule has 2 heterocycles. The number of rotatable bonds is 8. The van der Waals surface area contributed by atoms with Crippen molar-refractivity contribution in [1.82, 2.24) is 15.2 Å². The van der Waals surface area contributed by atoms with E-state index in [1.165, 1.54) is 18.9 Å². The van der Waals surface area contributed by atoms with Crippen molar-refractivity contribution in [3.05, 3.63) is 11.1 Å². The summed E-state index contributed by atoms with van der Waals surface area (Å²) in [6.07, 6.45) is 10.9. The quantitative estimate of drug-likeness (QED) is 0.436. The highest BCUT2D eigenvalue weighted by Gasteiger charge is 2.46. The molecule has 0 bridgehead atoms. The van der Waals surface area contributed by atoms with Crippen molar-refractivity contribution in [2.24, 2.45) is 11.8 Å². The second-order valence-electron chi connectivity index (χ2n) is 9.37. The van der Waals surface area contributed by atoms with Crippen LogP contribution in [0.3, 0.4) is 0 Å². The fourth-order valence-corrected chi connectivity index (χ4v) is 6.05. The Morgan fingerprint density at radius 2 is 1.82 bits per heavy atom. The Kier molecular flexibility index (Phi) is 7.62. The molecule has 1 saturated heterocycles. The van der Waals surface area contributed by atoms with Crippen molar-refractivity contribution in [2.45, 2.75) is 82.7 Å². The summed E-state index contributed by atoms with van der Waals surface area (Å²) >= 11 is 1.10. The van der Waals surface area contributed by atoms with Gasteiger partial charge in [0.25, 0.3) is 5.91 Å². The van der Waals surface area contributed by atoms with Gasteiger partial charge in [0, 0.05) is 5.38 Å². The number of carbonyl (C=O) groups excluding carboxylic acids is 4. The van der Waals surface area contributed by atoms with E-state index in [0.717, 1.165) is 67.6 Å². The lowest BCUT2D eigenvalue weighted by Crippen LogP contribution is -2.49. The molecule has 2 atom stereocenters. The molecule has 33 heavy (non-hydrogen) atoms. The number of carbonyl (C=O) groups is 4. The van der Waals surface area contributed by atoms with Crippen molar-refractivity contribution in [3.63, 3.8) is 0 Å². The van der Waals surface area contributed by atoms with Crippen LogP contribution in [0.25, 0.3) is 0 Å². The number of anilines is 1. The van der Waals surface area contributed by atoms with E-state index in [0.29, 0.717) is 18.8 Å². The van der Waals surface area contributed by atoms with Gasteiger partial charge in [0.05, 0.1) is 7.11 Å². The molecule has 2 N–H and O–H groups in total. The predicted octanol–water partition coefficient (Wildman–Crippen LogP) is 3.71. The summed E-state index contributed by atoms with van der Waals surface area (Å²) in [5.41, 5.74) is 0.105. The molecule has 0 aromatic carbocycles. The monoisotopic (exact) mass is 476 g/mol. The number of ether oxygens (including phenoxy) is 1. The molecular weight excluding hydrogens is 444 g/mol. The fraction of sp³-hybridized carbons (Fsp3) is 0.696. The molecule has 9 nitrogen and oxygen atoms in total. The van der Waals surface area contributed by atoms with Gasteiger partial charge in [-0.3, -0.25) is 9.59 Å². The normalized spacial score (nSPS) is 22.9. The highest BCUT2D eigenvalue weighted by Crippen LogP contribution is 2.33. The van der Waals surface area contributed by atoms with Gasteiger partial charge in [-0.15, -0.1) is 11.3 Å². The van der Waals surface area contributed by atoms with Gasteiger partial charge in [0.15, 0.2) is 10.8 Å². The van der Waals surface area contributed by atoms with Crippen LogP contribution in [0.2, 0.25) is 0 Å². The Labute approximate surface area is 197 Å². The molecule has 1 aromatic heterocycles. The largest absolute Gasteiger partial charge is 0.464 e. The second-order valence-corrected chi connectivity index (χ2v) is 10.2. The minimum Gasteiger partial charge on any atom is -0.464 e. The van der Waals surface area contributed by atoms with Gasteiger partial charge in [0.1, 0.15) is 12.1 Å². The molecule has 1 aromatic rings. The van der Waals surface area contributed by atoms with Gasteiger partial charge in [0.2, 0.25) is 5.91 Å². The summed E-state index contributed by atoms with van der Waals surface area (Å²) in [5.74, 6) is -0.620. The summed E-state index contributed by atoms with van der Waals surface area (Å²) in [6, 6.07) is -1.96. The van der Waals surface area contributed by atoms with E-state index in [9.17, 15) is 19.2 Å². The maximum absolute atomic E-state index is 13.3. The number of aromatic nitrogens is 1. The fourth-order valence-electron chi connectivity index (χ4n) is 5.37. The van der Waals surface area contributed by atoms with E-state index < -0.39 is 30.0 Å². The Balaban J connectivity index is 1.50. The molecule has 1 aliphatic heterocycles. The lowest BCUT2D eigenvalue weighted by atomic mass is 9.84. The first kappa shape index (κ1) is 23.7. The van der Waals surface area contributed by atoms with Crippen molar-refractivity contribution in [3.8, 4) is 0 Å². The topological polar surface area (TPSA) is 118 Å². The highest BCUT2D eigenvalue weighted by atomic mass is 32.1. The van der Waals surface area contributed by atoms with E-state index in [1.807, 2.05) is 0 Å². The summed E-state index contributed by atoms with van der Waals surface area (Å²) in [4.78, 5) is 56.4. The van der Waals surface area contributed by atoms with Crippen LogP contribution < -0.4 is 10.6 Å². The van der Waals surface area contributed by atoms with Gasteiger partial charge >= 0.3 is 12.0 Å². The predicted molar refractivity (Wildman–Crippen MR) is 123 cm³/mol. The molecule has 10 heteroatoms. The minimum absolute atomic E-state index is 0.105. The van der Waals surface area contributed by atoms with Gasteiger partial charge < -0.3 is 15.4 Å². The summed E-state index contributed by atoms with van der Waals surface area (Å²) in [7, 11) is 1.26. The summed E-state index contributed by atoms with van der Waals surface area (Å²) in [6.45, 7) is 0. The third-order valence-electron chi connectivity index (χ3n) is 7.12. The Morgan fingerprint density at radius 3 is 2.52 bits per heavy atom. The van der Waals surface area contributed by atoms with Crippen molar-refractivity contribution < 1.29 is 23.9 Å². The summed E-state index contributed by atoms with van der Waals surface area (Å²) in [5, 5.41) is 7.29. The lowest BCUT2D eigenvalue weighted by molar-refractivity contribution is -0.134. The van der Waals surface area contributed by atoms with Gasteiger partial charge in [-0.2, -0.15) is 0 Å². The first-order valence-electron chi connectivity index (χ1n) is 11.9. The van der Waals surface area contributed by atoms with Crippen molar-refractivity contribution in [1.29, 1.82) is 0 Å². The molecular formula is C23H32N4O5S. The van der Waals surface area contributed by atoms with Crippen LogP contribution in [-0.2, 0) is 14.3 Å². The third-order valence-corrected chi connectivity index (χ3v) is 7.88. The van der Waals surface area contributed by atoms with Crippen LogP contribution in [0.15, 0.2) is 5.38 Å². The number of nitrogens with one attached hydrogen (secondary N) is 2. The SMILES string of the molecule is COC(=O)c1csc(NC(=O)[C@H](CC2CCCCC2)N2C(=O)NC(CC3CCCC3)C2=O)n1. The van der Waals surface area contributed by atoms with E-state index in [1.54, 1.807) is 0 Å². The van der Waals surface area contributed by atoms with Gasteiger partial charge in [-0.1, -0.05) is 57.8 Å². The molecule has 3 fully saturated rings. The van der Waals surface area contributed by atoms with Crippen LogP contribution >= 0.6 is 11.3 Å². The molecule has 2 aliphatic carbocycles. The van der Waals surface area contributed by atoms with Gasteiger partial charge in [-0.05, 0) is 24.7 Å². The molecule has 3 aliphatic rings. The number of esters is 1. The molecule has 180 valence electrons. The van der Waals surface area contributed by atoms with Crippen molar-refractivity contribution in [2.75, 3.05) is 12.4 Å². The summed E-state index contributed by atoms with van der Waals surface area (Å²) < 4.78 is 4.66. The lowest BCUT2D eigenvalue weighted by Gasteiger charge is -2.30. The van der Waals surface area contributed by atoms with Crippen LogP contribution in [0.4, 0.5) is 9.93 Å². The number of nitrogens with zero attached hydrogens (tertiary/aromatic N) is 2. The molecule has 1 unspecified atom stereocenters. The third kappa shape index (κ3) is 5.54. The zero-order valence-corrected chi connectivity index (χ0v) is 19.8. The zero-order valence-electron chi connectivity index (χ0n) is 19.0. The van der Waals surface area contributed by atoms with Gasteiger partial charge in [-0.25, -0.2) is 19.5 Å². The zero-order chi connectivity index (χ0) is 23.4. The van der Waals surface area contributed by atoms with E-state index in [-0.39, 0.29) is 22.7 Å². The molecule has 0 spiro atoms. The maximum Gasteiger partial charge on any atom is 0.357 e. The number of thiazole rings is 1. The second kappa shape index (κ2) is 10.6. The van der Waals surface area contributed by atoms with Crippen LogP contribution in [0.1, 0.15) is 81.1 Å². The van der Waals surface area contributed by atoms with E-state index in [4.69, 9.17) is 0 Å². The Bertz CT molecular complexity index is 891. The number of urea groups is 1. The smallest absolute Gasteiger partial charge is 0.357 e. The molecule has 0 radical (unpaired) electrons.